The van der Waals surface area contributed by atoms with Crippen LogP contribution in [0.25, 0.3) is 0 Å². The molecule has 2 saturated carbocycles. The lowest BCUT2D eigenvalue weighted by molar-refractivity contribution is -0.161. The van der Waals surface area contributed by atoms with Gasteiger partial charge in [-0.3, -0.25) is 4.79 Å². The number of carbonyl (C=O) groups is 1. The Morgan fingerprint density at radius 2 is 2.00 bits per heavy atom. The van der Waals surface area contributed by atoms with Crippen molar-refractivity contribution in [1.82, 2.24) is 4.90 Å². The van der Waals surface area contributed by atoms with Crippen LogP contribution in [0.15, 0.2) is 18.2 Å². The summed E-state index contributed by atoms with van der Waals surface area (Å²) in [6.07, 6.45) is 4.35. The van der Waals surface area contributed by atoms with Gasteiger partial charge in [-0.1, -0.05) is 6.07 Å². The lowest BCUT2D eigenvalue weighted by Crippen LogP contribution is -2.61. The third-order valence-electron chi connectivity index (χ3n) is 6.69. The van der Waals surface area contributed by atoms with E-state index in [1.807, 2.05) is 17.9 Å². The van der Waals surface area contributed by atoms with Crippen molar-refractivity contribution < 1.29 is 23.4 Å². The van der Waals surface area contributed by atoms with Gasteiger partial charge in [0.05, 0.1) is 5.60 Å². The van der Waals surface area contributed by atoms with E-state index in [2.05, 4.69) is 4.74 Å². The Balaban J connectivity index is 1.34. The highest BCUT2D eigenvalue weighted by molar-refractivity contribution is 5.81. The summed E-state index contributed by atoms with van der Waals surface area (Å²) in [6.45, 7) is 2.55. The number of rotatable bonds is 4. The van der Waals surface area contributed by atoms with E-state index in [0.717, 1.165) is 37.9 Å². The number of benzene rings is 1. The van der Waals surface area contributed by atoms with Gasteiger partial charge in [0.25, 0.3) is 0 Å². The third kappa shape index (κ3) is 3.56. The van der Waals surface area contributed by atoms with Crippen molar-refractivity contribution in [2.75, 3.05) is 13.1 Å². The second-order valence-corrected chi connectivity index (χ2v) is 9.13. The molecule has 6 heteroatoms. The van der Waals surface area contributed by atoms with Gasteiger partial charge in [0.15, 0.2) is 0 Å². The average Bonchev–Trinajstić information content (AvgIpc) is 2.95. The number of hydrogen-bond acceptors (Lipinski definition) is 3. The zero-order valence-corrected chi connectivity index (χ0v) is 15.9. The van der Waals surface area contributed by atoms with E-state index in [1.165, 1.54) is 5.56 Å². The fourth-order valence-corrected chi connectivity index (χ4v) is 5.40. The highest BCUT2D eigenvalue weighted by Crippen LogP contribution is 2.53. The molecular weight excluding hydrogens is 352 g/mol. The van der Waals surface area contributed by atoms with Gasteiger partial charge in [-0.15, -0.1) is 0 Å². The molecule has 0 bridgehead atoms. The van der Waals surface area contributed by atoms with Crippen LogP contribution in [-0.4, -0.2) is 41.2 Å². The van der Waals surface area contributed by atoms with Gasteiger partial charge in [0.1, 0.15) is 5.75 Å². The van der Waals surface area contributed by atoms with Gasteiger partial charge in [-0.25, -0.2) is 0 Å². The predicted molar refractivity (Wildman–Crippen MR) is 96.8 cm³/mol. The maximum absolute atomic E-state index is 12.5. The minimum atomic E-state index is -2.80. The molecule has 2 aliphatic carbocycles. The van der Waals surface area contributed by atoms with Gasteiger partial charge >= 0.3 is 6.61 Å². The molecule has 1 aliphatic heterocycles. The first kappa shape index (κ1) is 18.7. The molecule has 3 fully saturated rings. The predicted octanol–water partition coefficient (Wildman–Crippen LogP) is 3.85. The molecule has 1 amide bonds. The first-order chi connectivity index (χ1) is 12.7. The van der Waals surface area contributed by atoms with Crippen molar-refractivity contribution in [3.05, 3.63) is 29.3 Å². The number of alkyl halides is 2. The topological polar surface area (TPSA) is 49.8 Å². The van der Waals surface area contributed by atoms with Crippen LogP contribution in [0.4, 0.5) is 8.78 Å². The number of aliphatic hydroxyl groups is 1. The monoisotopic (exact) mass is 379 g/mol. The minimum Gasteiger partial charge on any atom is -0.435 e. The SMILES string of the molecule is Cc1cc(OC(F)F)ccc1C1CCC2(C1)CN(C(=O)C1CC(C)(O)C1)C2. The third-order valence-corrected chi connectivity index (χ3v) is 6.69. The van der Waals surface area contributed by atoms with Crippen LogP contribution in [0.3, 0.4) is 0 Å². The highest BCUT2D eigenvalue weighted by atomic mass is 19.3. The zero-order chi connectivity index (χ0) is 19.4. The lowest BCUT2D eigenvalue weighted by atomic mass is 9.69. The smallest absolute Gasteiger partial charge is 0.387 e. The maximum atomic E-state index is 12.5. The van der Waals surface area contributed by atoms with E-state index in [-0.39, 0.29) is 23.0 Å². The van der Waals surface area contributed by atoms with Crippen LogP contribution in [0.2, 0.25) is 0 Å². The summed E-state index contributed by atoms with van der Waals surface area (Å²) >= 11 is 0. The molecule has 0 radical (unpaired) electrons. The van der Waals surface area contributed by atoms with Crippen LogP contribution in [0.1, 0.15) is 56.1 Å². The number of likely N-dealkylation sites (tertiary alicyclic amines) is 1. The second kappa shape index (κ2) is 6.43. The molecule has 1 saturated heterocycles. The first-order valence-corrected chi connectivity index (χ1v) is 9.73. The number of nitrogens with zero attached hydrogens (tertiary/aromatic N) is 1. The fourth-order valence-electron chi connectivity index (χ4n) is 5.40. The lowest BCUT2D eigenvalue weighted by Gasteiger charge is -2.52. The van der Waals surface area contributed by atoms with Crippen molar-refractivity contribution in [2.45, 2.75) is 64.1 Å². The maximum Gasteiger partial charge on any atom is 0.387 e. The summed E-state index contributed by atoms with van der Waals surface area (Å²) < 4.78 is 29.2. The van der Waals surface area contributed by atoms with Crippen LogP contribution in [0.5, 0.6) is 5.75 Å². The molecule has 27 heavy (non-hydrogen) atoms. The van der Waals surface area contributed by atoms with Gasteiger partial charge in [-0.2, -0.15) is 8.78 Å². The summed E-state index contributed by atoms with van der Waals surface area (Å²) in [7, 11) is 0. The Morgan fingerprint density at radius 1 is 1.30 bits per heavy atom. The van der Waals surface area contributed by atoms with Crippen LogP contribution >= 0.6 is 0 Å². The summed E-state index contributed by atoms with van der Waals surface area (Å²) in [5.74, 6) is 0.794. The fraction of sp³-hybridized carbons (Fsp3) is 0.667. The Kier molecular flexibility index (Phi) is 4.45. The number of aryl methyl sites for hydroxylation is 1. The molecule has 1 atom stereocenters. The summed E-state index contributed by atoms with van der Waals surface area (Å²) in [5.41, 5.74) is 1.73. The van der Waals surface area contributed by atoms with E-state index in [0.29, 0.717) is 18.8 Å². The van der Waals surface area contributed by atoms with Crippen molar-refractivity contribution in [3.63, 3.8) is 0 Å². The van der Waals surface area contributed by atoms with E-state index >= 15 is 0 Å². The number of carbonyl (C=O) groups excluding carboxylic acids is 1. The van der Waals surface area contributed by atoms with Gasteiger partial charge in [-0.05, 0) is 75.1 Å². The Hall–Kier alpha value is -1.69. The molecule has 4 nitrogen and oxygen atoms in total. The molecule has 1 heterocycles. The molecule has 1 N–H and O–H groups in total. The van der Waals surface area contributed by atoms with Crippen molar-refractivity contribution in [1.29, 1.82) is 0 Å². The first-order valence-electron chi connectivity index (χ1n) is 9.73. The van der Waals surface area contributed by atoms with Crippen molar-refractivity contribution in [3.8, 4) is 5.75 Å². The number of hydrogen-bond donors (Lipinski definition) is 1. The summed E-state index contributed by atoms with van der Waals surface area (Å²) in [4.78, 5) is 14.5. The second-order valence-electron chi connectivity index (χ2n) is 9.13. The number of halogens is 2. The zero-order valence-electron chi connectivity index (χ0n) is 15.9. The summed E-state index contributed by atoms with van der Waals surface area (Å²) in [6, 6.07) is 5.22. The average molecular weight is 379 g/mol. The van der Waals surface area contributed by atoms with Crippen LogP contribution in [-0.2, 0) is 4.79 Å². The minimum absolute atomic E-state index is 0.0147. The Labute approximate surface area is 158 Å². The van der Waals surface area contributed by atoms with E-state index < -0.39 is 12.2 Å². The molecule has 4 rings (SSSR count). The van der Waals surface area contributed by atoms with Gasteiger partial charge in [0, 0.05) is 24.4 Å². The molecule has 1 spiro atoms. The number of amides is 1. The summed E-state index contributed by atoms with van der Waals surface area (Å²) in [5, 5.41) is 9.84. The van der Waals surface area contributed by atoms with E-state index in [4.69, 9.17) is 0 Å². The number of ether oxygens (including phenoxy) is 1. The quantitative estimate of drug-likeness (QED) is 0.864. The normalized spacial score (nSPS) is 31.7. The Bertz CT molecular complexity index is 735. The van der Waals surface area contributed by atoms with Crippen molar-refractivity contribution in [2.24, 2.45) is 11.3 Å². The van der Waals surface area contributed by atoms with E-state index in [1.54, 1.807) is 19.1 Å². The largest absolute Gasteiger partial charge is 0.435 e. The van der Waals surface area contributed by atoms with Gasteiger partial charge < -0.3 is 14.7 Å². The molecule has 148 valence electrons. The Morgan fingerprint density at radius 3 is 2.59 bits per heavy atom. The highest BCUT2D eigenvalue weighted by Gasteiger charge is 2.53. The van der Waals surface area contributed by atoms with Crippen LogP contribution in [0, 0.1) is 18.3 Å². The molecule has 1 aromatic carbocycles. The van der Waals surface area contributed by atoms with E-state index in [9.17, 15) is 18.7 Å². The molecule has 1 aromatic rings. The van der Waals surface area contributed by atoms with Gasteiger partial charge in [0.2, 0.25) is 5.91 Å². The molecule has 3 aliphatic rings. The molecule has 1 unspecified atom stereocenters. The molecular formula is C21H27F2NO3. The standard InChI is InChI=1S/C21H27F2NO3/c1-13-7-16(27-19(22)23)3-4-17(13)14-5-6-21(10-14)11-24(12-21)18(25)15-8-20(2,26)9-15/h3-4,7,14-15,19,26H,5-6,8-12H2,1-2H3. The van der Waals surface area contributed by atoms with Crippen molar-refractivity contribution >= 4 is 5.91 Å². The molecule has 0 aromatic heterocycles. The van der Waals surface area contributed by atoms with Crippen LogP contribution < -0.4 is 4.74 Å².